The molecule has 0 amide bonds. The number of aromatic nitrogens is 1. The highest BCUT2D eigenvalue weighted by Crippen LogP contribution is 2.32. The summed E-state index contributed by atoms with van der Waals surface area (Å²) in [5.74, 6) is 0. The minimum Gasteiger partial charge on any atom is -0.386 e. The van der Waals surface area contributed by atoms with Crippen LogP contribution in [0, 0.1) is 18.3 Å². The van der Waals surface area contributed by atoms with Crippen LogP contribution in [0.3, 0.4) is 0 Å². The Kier molecular flexibility index (Phi) is 2.10. The number of nitrogens with zero attached hydrogens (tertiary/aromatic N) is 2. The molecule has 70 valence electrons. The van der Waals surface area contributed by atoms with Gasteiger partial charge in [-0.15, -0.1) is 11.3 Å². The highest BCUT2D eigenvalue weighted by atomic mass is 32.1. The quantitative estimate of drug-likeness (QED) is 0.774. The van der Waals surface area contributed by atoms with Gasteiger partial charge in [0.05, 0.1) is 21.5 Å². The van der Waals surface area contributed by atoms with Gasteiger partial charge in [-0.3, -0.25) is 4.98 Å². The standard InChI is InChI=1S/C10H9N3S/c1-6-5-14-10-8(6)13-4-7(3-11)9(10)12-2/h4-5H,1-2H3,(H,12,13). The van der Waals surface area contributed by atoms with E-state index in [9.17, 15) is 0 Å². The van der Waals surface area contributed by atoms with Crippen LogP contribution < -0.4 is 5.32 Å². The van der Waals surface area contributed by atoms with Crippen molar-refractivity contribution in [3.05, 3.63) is 22.7 Å². The number of nitriles is 1. The Labute approximate surface area is 86.0 Å². The summed E-state index contributed by atoms with van der Waals surface area (Å²) >= 11 is 1.62. The zero-order chi connectivity index (χ0) is 10.1. The van der Waals surface area contributed by atoms with Crippen LogP contribution in [-0.2, 0) is 0 Å². The molecule has 3 nitrogen and oxygen atoms in total. The molecule has 2 aromatic heterocycles. The Morgan fingerprint density at radius 1 is 1.57 bits per heavy atom. The van der Waals surface area contributed by atoms with Crippen molar-refractivity contribution in [3.63, 3.8) is 0 Å². The summed E-state index contributed by atoms with van der Waals surface area (Å²) in [6, 6.07) is 2.13. The molecule has 0 fully saturated rings. The molecule has 0 unspecified atom stereocenters. The fourth-order valence-corrected chi connectivity index (χ4v) is 2.49. The maximum absolute atomic E-state index is 8.89. The van der Waals surface area contributed by atoms with E-state index in [4.69, 9.17) is 5.26 Å². The van der Waals surface area contributed by atoms with Gasteiger partial charge in [0.25, 0.3) is 0 Å². The van der Waals surface area contributed by atoms with Gasteiger partial charge in [0.2, 0.25) is 0 Å². The van der Waals surface area contributed by atoms with Crippen LogP contribution in [0.1, 0.15) is 11.1 Å². The second-order valence-corrected chi connectivity index (χ2v) is 3.88. The van der Waals surface area contributed by atoms with E-state index in [0.717, 1.165) is 21.5 Å². The second-order valence-electron chi connectivity index (χ2n) is 3.01. The average Bonchev–Trinajstić information content (AvgIpc) is 2.59. The summed E-state index contributed by atoms with van der Waals surface area (Å²) in [7, 11) is 1.82. The van der Waals surface area contributed by atoms with Gasteiger partial charge in [-0.25, -0.2) is 0 Å². The van der Waals surface area contributed by atoms with E-state index in [0.29, 0.717) is 5.56 Å². The van der Waals surface area contributed by atoms with Gasteiger partial charge in [-0.05, 0) is 17.9 Å². The number of anilines is 1. The summed E-state index contributed by atoms with van der Waals surface area (Å²) in [6.45, 7) is 2.03. The third-order valence-electron chi connectivity index (χ3n) is 2.13. The lowest BCUT2D eigenvalue weighted by atomic mass is 10.2. The fraction of sp³-hybridized carbons (Fsp3) is 0.200. The van der Waals surface area contributed by atoms with Crippen LogP contribution in [-0.4, -0.2) is 12.0 Å². The van der Waals surface area contributed by atoms with E-state index in [1.807, 2.05) is 14.0 Å². The molecular weight excluding hydrogens is 194 g/mol. The minimum atomic E-state index is 0.599. The number of rotatable bonds is 1. The van der Waals surface area contributed by atoms with E-state index in [-0.39, 0.29) is 0 Å². The Hall–Kier alpha value is -1.60. The molecule has 2 heterocycles. The molecule has 2 aromatic rings. The predicted molar refractivity (Wildman–Crippen MR) is 58.6 cm³/mol. The first-order valence-corrected chi connectivity index (χ1v) is 5.10. The predicted octanol–water partition coefficient (Wildman–Crippen LogP) is 2.52. The summed E-state index contributed by atoms with van der Waals surface area (Å²) in [5, 5.41) is 14.0. The van der Waals surface area contributed by atoms with Crippen LogP contribution >= 0.6 is 11.3 Å². The Morgan fingerprint density at radius 3 is 3.00 bits per heavy atom. The summed E-state index contributed by atoms with van der Waals surface area (Å²) in [4.78, 5) is 4.27. The first-order chi connectivity index (χ1) is 6.77. The lowest BCUT2D eigenvalue weighted by Gasteiger charge is -2.03. The topological polar surface area (TPSA) is 48.7 Å². The van der Waals surface area contributed by atoms with E-state index in [1.54, 1.807) is 17.5 Å². The molecule has 2 rings (SSSR count). The van der Waals surface area contributed by atoms with Gasteiger partial charge in [0.15, 0.2) is 0 Å². The molecule has 0 spiro atoms. The van der Waals surface area contributed by atoms with Crippen LogP contribution in [0.15, 0.2) is 11.6 Å². The first-order valence-electron chi connectivity index (χ1n) is 4.22. The monoisotopic (exact) mass is 203 g/mol. The number of hydrogen-bond acceptors (Lipinski definition) is 4. The van der Waals surface area contributed by atoms with Crippen LogP contribution in [0.25, 0.3) is 10.2 Å². The number of thiophene rings is 1. The van der Waals surface area contributed by atoms with Crippen LogP contribution in [0.4, 0.5) is 5.69 Å². The molecular formula is C10H9N3S. The first kappa shape index (κ1) is 8.97. The molecule has 0 aromatic carbocycles. The third-order valence-corrected chi connectivity index (χ3v) is 3.24. The molecule has 0 bridgehead atoms. The molecule has 0 radical (unpaired) electrons. The molecule has 0 saturated carbocycles. The maximum atomic E-state index is 8.89. The van der Waals surface area contributed by atoms with Gasteiger partial charge in [-0.1, -0.05) is 0 Å². The SMILES string of the molecule is CNc1c(C#N)cnc2c(C)csc12. The van der Waals surface area contributed by atoms with Crippen molar-refractivity contribution in [1.29, 1.82) is 5.26 Å². The van der Waals surface area contributed by atoms with E-state index < -0.39 is 0 Å². The lowest BCUT2D eigenvalue weighted by Crippen LogP contribution is -1.93. The van der Waals surface area contributed by atoms with Crippen molar-refractivity contribution in [2.45, 2.75) is 6.92 Å². The van der Waals surface area contributed by atoms with Gasteiger partial charge < -0.3 is 5.32 Å². The van der Waals surface area contributed by atoms with Crippen LogP contribution in [0.5, 0.6) is 0 Å². The molecule has 4 heteroatoms. The van der Waals surface area contributed by atoms with Crippen LogP contribution in [0.2, 0.25) is 0 Å². The lowest BCUT2D eigenvalue weighted by molar-refractivity contribution is 1.35. The summed E-state index contributed by atoms with van der Waals surface area (Å²) in [6.07, 6.45) is 1.62. The maximum Gasteiger partial charge on any atom is 0.103 e. The number of pyridine rings is 1. The van der Waals surface area contributed by atoms with Gasteiger partial charge in [0.1, 0.15) is 6.07 Å². The second kappa shape index (κ2) is 3.28. The zero-order valence-corrected chi connectivity index (χ0v) is 8.77. The molecule has 0 saturated heterocycles. The van der Waals surface area contributed by atoms with Crippen molar-refractivity contribution in [2.75, 3.05) is 12.4 Å². The third kappa shape index (κ3) is 1.14. The summed E-state index contributed by atoms with van der Waals surface area (Å²) < 4.78 is 1.06. The highest BCUT2D eigenvalue weighted by Gasteiger charge is 2.10. The molecule has 0 aliphatic carbocycles. The van der Waals surface area contributed by atoms with Crippen molar-refractivity contribution >= 4 is 27.2 Å². The molecule has 0 aliphatic heterocycles. The Bertz CT molecular complexity index is 522. The minimum absolute atomic E-state index is 0.599. The zero-order valence-electron chi connectivity index (χ0n) is 7.96. The van der Waals surface area contributed by atoms with Gasteiger partial charge in [-0.2, -0.15) is 5.26 Å². The van der Waals surface area contributed by atoms with Crippen molar-refractivity contribution in [3.8, 4) is 6.07 Å². The normalized spacial score (nSPS) is 10.1. The van der Waals surface area contributed by atoms with Gasteiger partial charge >= 0.3 is 0 Å². The number of aryl methyl sites for hydroxylation is 1. The fourth-order valence-electron chi connectivity index (χ4n) is 1.42. The number of nitrogens with one attached hydrogen (secondary N) is 1. The molecule has 14 heavy (non-hydrogen) atoms. The molecule has 1 N–H and O–H groups in total. The number of hydrogen-bond donors (Lipinski definition) is 1. The average molecular weight is 203 g/mol. The van der Waals surface area contributed by atoms with Gasteiger partial charge in [0, 0.05) is 13.2 Å². The largest absolute Gasteiger partial charge is 0.386 e. The summed E-state index contributed by atoms with van der Waals surface area (Å²) in [5.41, 5.74) is 3.63. The van der Waals surface area contributed by atoms with Crippen molar-refractivity contribution in [2.24, 2.45) is 0 Å². The van der Waals surface area contributed by atoms with Crippen molar-refractivity contribution < 1.29 is 0 Å². The number of fused-ring (bicyclic) bond motifs is 1. The smallest absolute Gasteiger partial charge is 0.103 e. The Balaban J connectivity index is 2.86. The molecule has 0 atom stereocenters. The highest BCUT2D eigenvalue weighted by molar-refractivity contribution is 7.18. The molecule has 0 aliphatic rings. The van der Waals surface area contributed by atoms with E-state index in [1.165, 1.54) is 0 Å². The van der Waals surface area contributed by atoms with Crippen molar-refractivity contribution in [1.82, 2.24) is 4.98 Å². The van der Waals surface area contributed by atoms with E-state index >= 15 is 0 Å². The Morgan fingerprint density at radius 2 is 2.36 bits per heavy atom. The van der Waals surface area contributed by atoms with E-state index in [2.05, 4.69) is 21.8 Å².